The first-order valence-corrected chi connectivity index (χ1v) is 9.42. The van der Waals surface area contributed by atoms with Crippen molar-refractivity contribution in [2.24, 2.45) is 0 Å². The van der Waals surface area contributed by atoms with Crippen LogP contribution >= 0.6 is 0 Å². The molecule has 0 aliphatic heterocycles. The summed E-state index contributed by atoms with van der Waals surface area (Å²) in [5.41, 5.74) is 0.0346. The standard InChI is InChI=1S/C24H30O/c1-4-7-9-11-15-20-24(25,21-16-12-10-8-5-2)23-19-14-13-18-22(23)17-6-3/h13-14,18-19,25H,4-5,7-12H2,1-3H3. The van der Waals surface area contributed by atoms with Gasteiger partial charge in [0.1, 0.15) is 0 Å². The van der Waals surface area contributed by atoms with E-state index < -0.39 is 5.60 Å². The van der Waals surface area contributed by atoms with Gasteiger partial charge in [-0.3, -0.25) is 0 Å². The van der Waals surface area contributed by atoms with Crippen LogP contribution in [0.3, 0.4) is 0 Å². The van der Waals surface area contributed by atoms with Crippen LogP contribution in [0.5, 0.6) is 0 Å². The molecule has 0 fully saturated rings. The van der Waals surface area contributed by atoms with E-state index >= 15 is 0 Å². The molecule has 132 valence electrons. The summed E-state index contributed by atoms with van der Waals surface area (Å²) in [5, 5.41) is 11.2. The van der Waals surface area contributed by atoms with Gasteiger partial charge in [0, 0.05) is 24.0 Å². The predicted molar refractivity (Wildman–Crippen MR) is 107 cm³/mol. The summed E-state index contributed by atoms with van der Waals surface area (Å²) in [6, 6.07) is 7.61. The summed E-state index contributed by atoms with van der Waals surface area (Å²) < 4.78 is 0. The zero-order chi connectivity index (χ0) is 18.4. The zero-order valence-electron chi connectivity index (χ0n) is 15.9. The lowest BCUT2D eigenvalue weighted by Gasteiger charge is -2.18. The van der Waals surface area contributed by atoms with Gasteiger partial charge in [0.2, 0.25) is 5.60 Å². The molecular formula is C24H30O. The van der Waals surface area contributed by atoms with E-state index in [1.54, 1.807) is 6.92 Å². The molecule has 0 aliphatic carbocycles. The first-order valence-electron chi connectivity index (χ1n) is 9.42. The maximum Gasteiger partial charge on any atom is 0.215 e. The molecule has 1 nitrogen and oxygen atoms in total. The van der Waals surface area contributed by atoms with Crippen LogP contribution in [0.1, 0.15) is 83.3 Å². The maximum atomic E-state index is 11.2. The molecule has 1 aromatic carbocycles. The molecule has 1 aromatic rings. The van der Waals surface area contributed by atoms with Crippen molar-refractivity contribution in [3.05, 3.63) is 35.4 Å². The van der Waals surface area contributed by atoms with Crippen LogP contribution in [-0.4, -0.2) is 5.11 Å². The normalized spacial score (nSPS) is 9.92. The number of hydrogen-bond donors (Lipinski definition) is 1. The third kappa shape index (κ3) is 7.52. The van der Waals surface area contributed by atoms with Crippen LogP contribution in [0.25, 0.3) is 0 Å². The van der Waals surface area contributed by atoms with Crippen LogP contribution in [0.2, 0.25) is 0 Å². The Labute approximate surface area is 154 Å². The molecule has 0 spiro atoms. The van der Waals surface area contributed by atoms with Gasteiger partial charge in [-0.25, -0.2) is 0 Å². The fourth-order valence-electron chi connectivity index (χ4n) is 2.52. The largest absolute Gasteiger partial charge is 0.363 e. The lowest BCUT2D eigenvalue weighted by Crippen LogP contribution is -2.23. The lowest BCUT2D eigenvalue weighted by molar-refractivity contribution is 0.164. The number of unbranched alkanes of at least 4 members (excludes halogenated alkanes) is 6. The number of hydrogen-bond acceptors (Lipinski definition) is 1. The Hall–Kier alpha value is -2.14. The number of benzene rings is 1. The van der Waals surface area contributed by atoms with Gasteiger partial charge >= 0.3 is 0 Å². The summed E-state index contributed by atoms with van der Waals surface area (Å²) in [5.74, 6) is 18.3. The van der Waals surface area contributed by atoms with Gasteiger partial charge in [-0.2, -0.15) is 0 Å². The van der Waals surface area contributed by atoms with E-state index in [9.17, 15) is 5.11 Å². The third-order valence-corrected chi connectivity index (χ3v) is 3.93. The van der Waals surface area contributed by atoms with Crippen LogP contribution in [0, 0.1) is 35.5 Å². The Bertz CT molecular complexity index is 667. The number of aliphatic hydroxyl groups is 1. The van der Waals surface area contributed by atoms with Gasteiger partial charge in [-0.1, -0.05) is 75.5 Å². The molecule has 25 heavy (non-hydrogen) atoms. The van der Waals surface area contributed by atoms with Crippen molar-refractivity contribution in [2.75, 3.05) is 0 Å². The molecule has 0 saturated heterocycles. The van der Waals surface area contributed by atoms with Crippen molar-refractivity contribution in [1.82, 2.24) is 0 Å². The Morgan fingerprint density at radius 2 is 1.44 bits per heavy atom. The highest BCUT2D eigenvalue weighted by Crippen LogP contribution is 2.23. The van der Waals surface area contributed by atoms with E-state index in [1.807, 2.05) is 24.3 Å². The topological polar surface area (TPSA) is 20.2 Å². The van der Waals surface area contributed by atoms with Crippen LogP contribution in [-0.2, 0) is 5.60 Å². The van der Waals surface area contributed by atoms with Crippen molar-refractivity contribution in [3.63, 3.8) is 0 Å². The summed E-state index contributed by atoms with van der Waals surface area (Å²) in [6.45, 7) is 6.14. The lowest BCUT2D eigenvalue weighted by atomic mass is 9.90. The minimum Gasteiger partial charge on any atom is -0.363 e. The highest BCUT2D eigenvalue weighted by atomic mass is 16.3. The van der Waals surface area contributed by atoms with Gasteiger partial charge in [-0.15, -0.1) is 5.92 Å². The fraction of sp³-hybridized carbons (Fsp3) is 0.500. The minimum absolute atomic E-state index is 0.690. The van der Waals surface area contributed by atoms with Gasteiger partial charge in [-0.05, 0) is 37.7 Å². The van der Waals surface area contributed by atoms with E-state index in [0.717, 1.165) is 56.9 Å². The molecule has 0 saturated carbocycles. The maximum absolute atomic E-state index is 11.2. The van der Waals surface area contributed by atoms with Crippen LogP contribution < -0.4 is 0 Å². The van der Waals surface area contributed by atoms with Crippen molar-refractivity contribution >= 4 is 0 Å². The highest BCUT2D eigenvalue weighted by Gasteiger charge is 2.26. The SMILES string of the molecule is CC#Cc1ccccc1C(O)(C#CCCCCC)C#CCCCCC. The van der Waals surface area contributed by atoms with E-state index in [4.69, 9.17) is 0 Å². The summed E-state index contributed by atoms with van der Waals surface area (Å²) >= 11 is 0. The Balaban J connectivity index is 3.11. The van der Waals surface area contributed by atoms with Crippen molar-refractivity contribution in [1.29, 1.82) is 0 Å². The molecule has 0 aromatic heterocycles. The molecule has 0 unspecified atom stereocenters. The Morgan fingerprint density at radius 3 is 1.96 bits per heavy atom. The van der Waals surface area contributed by atoms with Gasteiger partial charge < -0.3 is 5.11 Å². The van der Waals surface area contributed by atoms with Crippen molar-refractivity contribution in [2.45, 2.75) is 77.7 Å². The Kier molecular flexibility index (Phi) is 10.2. The first kappa shape index (κ1) is 20.9. The van der Waals surface area contributed by atoms with E-state index in [2.05, 4.69) is 49.4 Å². The summed E-state index contributed by atoms with van der Waals surface area (Å²) in [7, 11) is 0. The second-order valence-electron chi connectivity index (χ2n) is 6.15. The first-order chi connectivity index (χ1) is 12.2. The van der Waals surface area contributed by atoms with Crippen LogP contribution in [0.15, 0.2) is 24.3 Å². The van der Waals surface area contributed by atoms with E-state index in [1.165, 1.54) is 0 Å². The summed E-state index contributed by atoms with van der Waals surface area (Å²) in [6.07, 6.45) is 8.34. The quantitative estimate of drug-likeness (QED) is 0.522. The Morgan fingerprint density at radius 1 is 0.880 bits per heavy atom. The molecule has 1 rings (SSSR count). The summed E-state index contributed by atoms with van der Waals surface area (Å²) in [4.78, 5) is 0. The highest BCUT2D eigenvalue weighted by molar-refractivity contribution is 5.51. The number of rotatable bonds is 7. The van der Waals surface area contributed by atoms with Gasteiger partial charge in [0.15, 0.2) is 0 Å². The molecule has 0 radical (unpaired) electrons. The molecule has 0 atom stereocenters. The molecule has 0 bridgehead atoms. The average molecular weight is 335 g/mol. The molecule has 0 amide bonds. The molecule has 1 N–H and O–H groups in total. The predicted octanol–water partition coefficient (Wildman–Crippen LogP) is 5.41. The second-order valence-corrected chi connectivity index (χ2v) is 6.15. The molecule has 0 aliphatic rings. The van der Waals surface area contributed by atoms with E-state index in [0.29, 0.717) is 5.56 Å². The monoisotopic (exact) mass is 334 g/mol. The molecule has 0 heterocycles. The van der Waals surface area contributed by atoms with E-state index in [-0.39, 0.29) is 0 Å². The smallest absolute Gasteiger partial charge is 0.215 e. The zero-order valence-corrected chi connectivity index (χ0v) is 15.9. The van der Waals surface area contributed by atoms with Crippen molar-refractivity contribution < 1.29 is 5.11 Å². The van der Waals surface area contributed by atoms with Crippen molar-refractivity contribution in [3.8, 4) is 35.5 Å². The molecular weight excluding hydrogens is 304 g/mol. The second kappa shape index (κ2) is 12.3. The van der Waals surface area contributed by atoms with Gasteiger partial charge in [0.25, 0.3) is 0 Å². The third-order valence-electron chi connectivity index (χ3n) is 3.93. The fourth-order valence-corrected chi connectivity index (χ4v) is 2.52. The minimum atomic E-state index is -1.45. The van der Waals surface area contributed by atoms with Gasteiger partial charge in [0.05, 0.1) is 0 Å². The van der Waals surface area contributed by atoms with Crippen LogP contribution in [0.4, 0.5) is 0 Å². The average Bonchev–Trinajstić information content (AvgIpc) is 2.62. The molecule has 1 heteroatoms.